The van der Waals surface area contributed by atoms with Crippen LogP contribution in [0.1, 0.15) is 30.0 Å². The summed E-state index contributed by atoms with van der Waals surface area (Å²) < 4.78 is 13.1. The average Bonchev–Trinajstić information content (AvgIpc) is 2.94. The highest BCUT2D eigenvalue weighted by Gasteiger charge is 2.36. The van der Waals surface area contributed by atoms with Gasteiger partial charge in [-0.3, -0.25) is 9.69 Å². The van der Waals surface area contributed by atoms with Crippen molar-refractivity contribution in [3.63, 3.8) is 0 Å². The Morgan fingerprint density at radius 1 is 1.15 bits per heavy atom. The molecule has 0 bridgehead atoms. The number of carbonyl (C=O) groups excluding carboxylic acids is 1. The van der Waals surface area contributed by atoms with Crippen LogP contribution in [0.3, 0.4) is 0 Å². The molecule has 3 rings (SSSR count). The lowest BCUT2D eigenvalue weighted by Gasteiger charge is -2.15. The van der Waals surface area contributed by atoms with Crippen LogP contribution in [0.25, 0.3) is 0 Å². The van der Waals surface area contributed by atoms with Gasteiger partial charge in [-0.15, -0.1) is 5.10 Å². The van der Waals surface area contributed by atoms with Gasteiger partial charge in [0.05, 0.1) is 18.0 Å². The highest BCUT2D eigenvalue weighted by Crippen LogP contribution is 2.30. The van der Waals surface area contributed by atoms with Crippen LogP contribution in [0.2, 0.25) is 0 Å². The van der Waals surface area contributed by atoms with Crippen LogP contribution in [0.5, 0.6) is 0 Å². The van der Waals surface area contributed by atoms with Crippen molar-refractivity contribution in [2.75, 3.05) is 0 Å². The summed E-state index contributed by atoms with van der Waals surface area (Å²) in [7, 11) is 0. The highest BCUT2D eigenvalue weighted by molar-refractivity contribution is 8.15. The molecule has 1 aliphatic heterocycles. The molecule has 1 amide bonds. The second-order valence-corrected chi connectivity index (χ2v) is 7.27. The van der Waals surface area contributed by atoms with Crippen molar-refractivity contribution in [1.29, 1.82) is 0 Å². The Bertz CT molecular complexity index is 831. The van der Waals surface area contributed by atoms with Crippen molar-refractivity contribution in [1.82, 2.24) is 4.90 Å². The quantitative estimate of drug-likeness (QED) is 0.580. The van der Waals surface area contributed by atoms with E-state index in [4.69, 9.17) is 0 Å². The summed E-state index contributed by atoms with van der Waals surface area (Å²) in [5.41, 5.74) is 2.99. The second kappa shape index (κ2) is 8.27. The average molecular weight is 369 g/mol. The molecule has 0 radical (unpaired) electrons. The number of rotatable bonds is 5. The Balaban J connectivity index is 1.78. The molecule has 0 unspecified atom stereocenters. The smallest absolute Gasteiger partial charge is 0.242 e. The van der Waals surface area contributed by atoms with E-state index in [1.165, 1.54) is 29.5 Å². The molecule has 1 atom stereocenters. The first-order valence-corrected chi connectivity index (χ1v) is 9.35. The third-order valence-corrected chi connectivity index (χ3v) is 5.40. The van der Waals surface area contributed by atoms with Gasteiger partial charge in [-0.25, -0.2) is 4.39 Å². The summed E-state index contributed by atoms with van der Waals surface area (Å²) in [6.07, 6.45) is 2.40. The summed E-state index contributed by atoms with van der Waals surface area (Å²) in [5.74, 6) is -0.273. The Labute approximate surface area is 156 Å². The first-order valence-electron chi connectivity index (χ1n) is 8.47. The monoisotopic (exact) mass is 369 g/mol. The summed E-state index contributed by atoms with van der Waals surface area (Å²) in [4.78, 5) is 14.2. The number of carbonyl (C=O) groups is 1. The molecule has 6 heteroatoms. The van der Waals surface area contributed by atoms with E-state index >= 15 is 0 Å². The maximum atomic E-state index is 13.1. The largest absolute Gasteiger partial charge is 0.284 e. The van der Waals surface area contributed by atoms with E-state index in [0.717, 1.165) is 17.5 Å². The van der Waals surface area contributed by atoms with E-state index in [0.29, 0.717) is 11.7 Å². The zero-order valence-electron chi connectivity index (χ0n) is 14.7. The van der Waals surface area contributed by atoms with Gasteiger partial charge in [-0.05, 0) is 36.6 Å². The lowest BCUT2D eigenvalue weighted by molar-refractivity contribution is -0.126. The Morgan fingerprint density at radius 2 is 1.85 bits per heavy atom. The molecule has 2 aromatic carbocycles. The van der Waals surface area contributed by atoms with E-state index in [9.17, 15) is 9.18 Å². The number of amidine groups is 1. The topological polar surface area (TPSA) is 45.0 Å². The van der Waals surface area contributed by atoms with Gasteiger partial charge in [0.25, 0.3) is 0 Å². The number of thioether (sulfide) groups is 1. The van der Waals surface area contributed by atoms with Crippen LogP contribution in [0, 0.1) is 12.7 Å². The molecule has 0 N–H and O–H groups in total. The van der Waals surface area contributed by atoms with Crippen molar-refractivity contribution in [2.24, 2.45) is 10.2 Å². The van der Waals surface area contributed by atoms with Gasteiger partial charge in [0.2, 0.25) is 5.91 Å². The number of hydrogen-bond acceptors (Lipinski definition) is 4. The molecule has 26 heavy (non-hydrogen) atoms. The van der Waals surface area contributed by atoms with Gasteiger partial charge < -0.3 is 0 Å². The van der Waals surface area contributed by atoms with Gasteiger partial charge in [-0.2, -0.15) is 5.10 Å². The Morgan fingerprint density at radius 3 is 2.50 bits per heavy atom. The van der Waals surface area contributed by atoms with Gasteiger partial charge in [0.15, 0.2) is 5.17 Å². The third-order valence-electron chi connectivity index (χ3n) is 4.07. The molecule has 1 fully saturated rings. The molecule has 0 aromatic heterocycles. The molecule has 134 valence electrons. The number of hydrogen-bond donors (Lipinski definition) is 0. The van der Waals surface area contributed by atoms with Crippen LogP contribution in [0.15, 0.2) is 58.7 Å². The Hall–Kier alpha value is -2.47. The van der Waals surface area contributed by atoms with E-state index in [1.54, 1.807) is 23.2 Å². The van der Waals surface area contributed by atoms with Crippen LogP contribution in [0.4, 0.5) is 4.39 Å². The predicted octanol–water partition coefficient (Wildman–Crippen LogP) is 4.38. The zero-order valence-corrected chi connectivity index (χ0v) is 15.5. The van der Waals surface area contributed by atoms with Crippen LogP contribution < -0.4 is 0 Å². The molecule has 4 nitrogen and oxygen atoms in total. The molecular formula is C20H20FN3OS. The summed E-state index contributed by atoms with van der Waals surface area (Å²) in [6.45, 7) is 4.37. The minimum atomic E-state index is -0.293. The molecule has 0 spiro atoms. The van der Waals surface area contributed by atoms with Gasteiger partial charge in [0, 0.05) is 0 Å². The molecule has 0 aliphatic carbocycles. The minimum absolute atomic E-state index is 0.0195. The first-order chi connectivity index (χ1) is 12.6. The van der Waals surface area contributed by atoms with E-state index in [2.05, 4.69) is 10.2 Å². The summed E-state index contributed by atoms with van der Waals surface area (Å²) in [6, 6.07) is 14.1. The second-order valence-electron chi connectivity index (χ2n) is 6.10. The molecule has 0 saturated carbocycles. The fourth-order valence-corrected chi connectivity index (χ4v) is 3.59. The molecule has 2 aromatic rings. The van der Waals surface area contributed by atoms with Crippen LogP contribution in [-0.4, -0.2) is 27.4 Å². The van der Waals surface area contributed by atoms with E-state index in [1.807, 2.05) is 38.1 Å². The minimum Gasteiger partial charge on any atom is -0.284 e. The van der Waals surface area contributed by atoms with Gasteiger partial charge >= 0.3 is 0 Å². The van der Waals surface area contributed by atoms with E-state index in [-0.39, 0.29) is 17.0 Å². The molecule has 1 aliphatic rings. The molecule has 1 heterocycles. The van der Waals surface area contributed by atoms with E-state index < -0.39 is 0 Å². The first kappa shape index (κ1) is 18.3. The van der Waals surface area contributed by atoms with Crippen LogP contribution >= 0.6 is 11.8 Å². The normalized spacial score (nSPS) is 19.0. The van der Waals surface area contributed by atoms with Crippen molar-refractivity contribution in [2.45, 2.75) is 32.1 Å². The van der Waals surface area contributed by atoms with Crippen molar-refractivity contribution in [3.05, 3.63) is 71.0 Å². The standard InChI is InChI=1S/C20H20FN3OS/c1-3-18-19(25)24(13-16-8-10-17(21)11-9-16)20(26-18)23-22-12-15-6-4-14(2)5-7-15/h4-12,18H,3,13H2,1-2H3/b22-12-,23-20+/t18-/m0/s1. The maximum absolute atomic E-state index is 13.1. The fourth-order valence-electron chi connectivity index (χ4n) is 2.56. The lowest BCUT2D eigenvalue weighted by atomic mass is 10.2. The lowest BCUT2D eigenvalue weighted by Crippen LogP contribution is -2.31. The van der Waals surface area contributed by atoms with Gasteiger partial charge in [0.1, 0.15) is 5.82 Å². The number of halogens is 1. The van der Waals surface area contributed by atoms with Crippen molar-refractivity contribution < 1.29 is 9.18 Å². The van der Waals surface area contributed by atoms with Crippen molar-refractivity contribution in [3.8, 4) is 0 Å². The fraction of sp³-hybridized carbons (Fsp3) is 0.250. The molecule has 1 saturated heterocycles. The maximum Gasteiger partial charge on any atom is 0.242 e. The Kier molecular flexibility index (Phi) is 5.83. The van der Waals surface area contributed by atoms with Crippen molar-refractivity contribution >= 4 is 29.1 Å². The predicted molar refractivity (Wildman–Crippen MR) is 105 cm³/mol. The molecular weight excluding hydrogens is 349 g/mol. The number of benzene rings is 2. The summed E-state index contributed by atoms with van der Waals surface area (Å²) in [5, 5.41) is 8.84. The summed E-state index contributed by atoms with van der Waals surface area (Å²) >= 11 is 1.43. The number of nitrogens with zero attached hydrogens (tertiary/aromatic N) is 3. The van der Waals surface area contributed by atoms with Gasteiger partial charge in [-0.1, -0.05) is 60.6 Å². The SMILES string of the molecule is CC[C@@H]1S/C(=N/N=C\c2ccc(C)cc2)N(Cc2ccc(F)cc2)C1=O. The number of aryl methyl sites for hydroxylation is 1. The third kappa shape index (κ3) is 4.38. The zero-order chi connectivity index (χ0) is 18.5. The van der Waals surface area contributed by atoms with Crippen LogP contribution in [-0.2, 0) is 11.3 Å². The highest BCUT2D eigenvalue weighted by atomic mass is 32.2. The number of amides is 1.